The molecule has 2 N–H and O–H groups in total. The van der Waals surface area contributed by atoms with Crippen molar-refractivity contribution in [2.75, 3.05) is 0 Å². The van der Waals surface area contributed by atoms with Crippen LogP contribution in [0.4, 0.5) is 0 Å². The van der Waals surface area contributed by atoms with Gasteiger partial charge in [0.05, 0.1) is 33.6 Å². The molecule has 8 heteroatoms. The van der Waals surface area contributed by atoms with Gasteiger partial charge in [0, 0.05) is 0 Å². The van der Waals surface area contributed by atoms with Crippen LogP contribution in [0.15, 0.2) is 58.7 Å². The molecule has 24 heavy (non-hydrogen) atoms. The number of hydrogen-bond donors (Lipinski definition) is 2. The zero-order valence-electron chi connectivity index (χ0n) is 12.2. The molecule has 2 rings (SSSR count). The second-order valence-electron chi connectivity index (χ2n) is 4.40. The van der Waals surface area contributed by atoms with Gasteiger partial charge in [-0.05, 0) is 24.3 Å². The van der Waals surface area contributed by atoms with Crippen LogP contribution in [0.5, 0.6) is 0 Å². The maximum absolute atomic E-state index is 11.8. The van der Waals surface area contributed by atoms with Gasteiger partial charge in [-0.3, -0.25) is 9.59 Å². The Balaban J connectivity index is 1.83. The molecule has 0 aliphatic rings. The predicted molar refractivity (Wildman–Crippen MR) is 94.8 cm³/mol. The van der Waals surface area contributed by atoms with E-state index in [9.17, 15) is 9.59 Å². The summed E-state index contributed by atoms with van der Waals surface area (Å²) in [7, 11) is 0. The van der Waals surface area contributed by atoms with E-state index in [4.69, 9.17) is 23.2 Å². The second kappa shape index (κ2) is 8.81. The van der Waals surface area contributed by atoms with Crippen molar-refractivity contribution < 1.29 is 9.59 Å². The van der Waals surface area contributed by atoms with Crippen LogP contribution in [-0.2, 0) is 0 Å². The minimum Gasteiger partial charge on any atom is -0.267 e. The number of nitrogens with one attached hydrogen (secondary N) is 2. The van der Waals surface area contributed by atoms with E-state index in [1.165, 1.54) is 12.4 Å². The van der Waals surface area contributed by atoms with Gasteiger partial charge in [-0.1, -0.05) is 47.5 Å². The van der Waals surface area contributed by atoms with Crippen LogP contribution in [0.25, 0.3) is 0 Å². The van der Waals surface area contributed by atoms with Crippen molar-refractivity contribution in [1.82, 2.24) is 10.9 Å². The van der Waals surface area contributed by atoms with Crippen LogP contribution >= 0.6 is 23.2 Å². The molecule has 0 atom stereocenters. The molecule has 0 aromatic heterocycles. The molecule has 0 saturated heterocycles. The minimum absolute atomic E-state index is 0.306. The third kappa shape index (κ3) is 4.91. The van der Waals surface area contributed by atoms with Crippen molar-refractivity contribution in [3.8, 4) is 0 Å². The molecule has 0 aliphatic carbocycles. The number of rotatable bonds is 5. The van der Waals surface area contributed by atoms with Gasteiger partial charge in [0.1, 0.15) is 0 Å². The Morgan fingerprint density at radius 1 is 0.750 bits per heavy atom. The second-order valence-corrected chi connectivity index (χ2v) is 5.21. The summed E-state index contributed by atoms with van der Waals surface area (Å²) >= 11 is 11.8. The maximum atomic E-state index is 11.8. The predicted octanol–water partition coefficient (Wildman–Crippen LogP) is 3.12. The zero-order valence-corrected chi connectivity index (χ0v) is 13.8. The van der Waals surface area contributed by atoms with Crippen molar-refractivity contribution in [2.24, 2.45) is 10.2 Å². The van der Waals surface area contributed by atoms with E-state index in [2.05, 4.69) is 21.1 Å². The summed E-state index contributed by atoms with van der Waals surface area (Å²) in [6.07, 6.45) is 2.42. The van der Waals surface area contributed by atoms with Crippen molar-refractivity contribution in [1.29, 1.82) is 0 Å². The van der Waals surface area contributed by atoms with Gasteiger partial charge in [-0.15, -0.1) is 0 Å². The van der Waals surface area contributed by atoms with E-state index in [-0.39, 0.29) is 0 Å². The zero-order chi connectivity index (χ0) is 17.4. The lowest BCUT2D eigenvalue weighted by atomic mass is 10.2. The molecule has 2 amide bonds. The van der Waals surface area contributed by atoms with Crippen molar-refractivity contribution >= 4 is 47.4 Å². The van der Waals surface area contributed by atoms with E-state index in [1.54, 1.807) is 48.5 Å². The van der Waals surface area contributed by atoms with E-state index in [0.717, 1.165) is 0 Å². The van der Waals surface area contributed by atoms with Gasteiger partial charge >= 0.3 is 0 Å². The lowest BCUT2D eigenvalue weighted by Gasteiger charge is -2.01. The van der Waals surface area contributed by atoms with Crippen LogP contribution in [0.3, 0.4) is 0 Å². The number of nitrogens with zero attached hydrogens (tertiary/aromatic N) is 2. The standard InChI is InChI=1S/C16H12Cl2N4O2/c17-13-7-3-1-5-11(13)15(23)21-19-9-10-20-22-16(24)12-6-2-4-8-14(12)18/h1-10H,(H,21,23)(H,22,24). The first kappa shape index (κ1) is 17.7. The Kier molecular flexibility index (Phi) is 6.48. The fourth-order valence-electron chi connectivity index (χ4n) is 1.67. The quantitative estimate of drug-likeness (QED) is 0.632. The Hall–Kier alpha value is -2.70. The highest BCUT2D eigenvalue weighted by Crippen LogP contribution is 2.15. The van der Waals surface area contributed by atoms with Gasteiger partial charge in [0.2, 0.25) is 0 Å². The average Bonchev–Trinajstić information content (AvgIpc) is 2.58. The molecule has 0 unspecified atom stereocenters. The van der Waals surface area contributed by atoms with Gasteiger partial charge < -0.3 is 0 Å². The summed E-state index contributed by atoms with van der Waals surface area (Å²) in [6, 6.07) is 13.2. The number of amides is 2. The molecule has 0 bridgehead atoms. The van der Waals surface area contributed by atoms with Crippen LogP contribution < -0.4 is 10.9 Å². The average molecular weight is 363 g/mol. The summed E-state index contributed by atoms with van der Waals surface area (Å²) in [5.74, 6) is -0.907. The first-order chi connectivity index (χ1) is 11.6. The lowest BCUT2D eigenvalue weighted by molar-refractivity contribution is 0.0946. The number of halogens is 2. The third-order valence-corrected chi connectivity index (χ3v) is 3.44. The van der Waals surface area contributed by atoms with Gasteiger partial charge in [0.15, 0.2) is 0 Å². The highest BCUT2D eigenvalue weighted by atomic mass is 35.5. The highest BCUT2D eigenvalue weighted by molar-refractivity contribution is 6.34. The van der Waals surface area contributed by atoms with Gasteiger partial charge in [-0.25, -0.2) is 10.9 Å². The first-order valence-electron chi connectivity index (χ1n) is 6.74. The molecule has 0 heterocycles. The molecule has 2 aromatic carbocycles. The number of hydrogen-bond acceptors (Lipinski definition) is 4. The van der Waals surface area contributed by atoms with Crippen LogP contribution in [-0.4, -0.2) is 24.2 Å². The van der Waals surface area contributed by atoms with Crippen molar-refractivity contribution in [3.05, 3.63) is 69.7 Å². The SMILES string of the molecule is O=C(NN=CC=NNC(=O)c1ccccc1Cl)c1ccccc1Cl. The Bertz CT molecular complexity index is 739. The molecular formula is C16H12Cl2N4O2. The maximum Gasteiger partial charge on any atom is 0.272 e. The van der Waals surface area contributed by atoms with Crippen LogP contribution in [0.1, 0.15) is 20.7 Å². The van der Waals surface area contributed by atoms with E-state index in [1.807, 2.05) is 0 Å². The minimum atomic E-state index is -0.453. The summed E-state index contributed by atoms with van der Waals surface area (Å²) in [4.78, 5) is 23.6. The molecule has 122 valence electrons. The van der Waals surface area contributed by atoms with E-state index in [0.29, 0.717) is 21.2 Å². The van der Waals surface area contributed by atoms with Gasteiger partial charge in [0.25, 0.3) is 11.8 Å². The number of hydrazone groups is 2. The molecular weight excluding hydrogens is 351 g/mol. The normalized spacial score (nSPS) is 10.9. The molecule has 0 spiro atoms. The molecule has 0 fully saturated rings. The molecule has 0 aliphatic heterocycles. The number of carbonyl (C=O) groups excluding carboxylic acids is 2. The molecule has 6 nitrogen and oxygen atoms in total. The molecule has 0 radical (unpaired) electrons. The summed E-state index contributed by atoms with van der Waals surface area (Å²) in [5, 5.41) is 7.98. The third-order valence-electron chi connectivity index (χ3n) is 2.78. The number of carbonyl (C=O) groups is 2. The monoisotopic (exact) mass is 362 g/mol. The first-order valence-corrected chi connectivity index (χ1v) is 7.49. The van der Waals surface area contributed by atoms with E-state index < -0.39 is 11.8 Å². The highest BCUT2D eigenvalue weighted by Gasteiger charge is 2.08. The van der Waals surface area contributed by atoms with Crippen molar-refractivity contribution in [2.45, 2.75) is 0 Å². The summed E-state index contributed by atoms with van der Waals surface area (Å²) < 4.78 is 0. The Labute approximate surface area is 148 Å². The van der Waals surface area contributed by atoms with Gasteiger partial charge in [-0.2, -0.15) is 10.2 Å². The Morgan fingerprint density at radius 3 is 1.50 bits per heavy atom. The topological polar surface area (TPSA) is 82.9 Å². The summed E-state index contributed by atoms with van der Waals surface area (Å²) in [6.45, 7) is 0. The van der Waals surface area contributed by atoms with Crippen molar-refractivity contribution in [3.63, 3.8) is 0 Å². The lowest BCUT2D eigenvalue weighted by Crippen LogP contribution is -2.19. The largest absolute Gasteiger partial charge is 0.272 e. The Morgan fingerprint density at radius 2 is 1.12 bits per heavy atom. The van der Waals surface area contributed by atoms with Crippen LogP contribution in [0, 0.1) is 0 Å². The summed E-state index contributed by atoms with van der Waals surface area (Å²) in [5.41, 5.74) is 5.19. The fraction of sp³-hybridized carbons (Fsp3) is 0. The number of benzene rings is 2. The smallest absolute Gasteiger partial charge is 0.267 e. The van der Waals surface area contributed by atoms with E-state index >= 15 is 0 Å². The van der Waals surface area contributed by atoms with Crippen LogP contribution in [0.2, 0.25) is 10.0 Å². The molecule has 0 saturated carbocycles. The fourth-order valence-corrected chi connectivity index (χ4v) is 2.11. The molecule has 2 aromatic rings.